The molecular formula is C24H18N2O3S. The summed E-state index contributed by atoms with van der Waals surface area (Å²) in [6.07, 6.45) is 0. The molecule has 6 heteroatoms. The quantitative estimate of drug-likeness (QED) is 0.373. The minimum atomic E-state index is -0.331. The van der Waals surface area contributed by atoms with E-state index in [-0.39, 0.29) is 18.3 Å². The number of benzene rings is 3. The number of carbonyl (C=O) groups is 1. The molecule has 0 aliphatic heterocycles. The maximum Gasteiger partial charge on any atom is 0.293 e. The van der Waals surface area contributed by atoms with E-state index in [2.05, 4.69) is 16.4 Å². The van der Waals surface area contributed by atoms with Crippen LogP contribution in [0.2, 0.25) is 0 Å². The average Bonchev–Trinajstić information content (AvgIpc) is 3.38. The van der Waals surface area contributed by atoms with Crippen molar-refractivity contribution in [3.63, 3.8) is 0 Å². The first-order valence-corrected chi connectivity index (χ1v) is 10.4. The highest BCUT2D eigenvalue weighted by molar-refractivity contribution is 7.22. The zero-order chi connectivity index (χ0) is 20.5. The van der Waals surface area contributed by atoms with Crippen LogP contribution in [-0.4, -0.2) is 10.9 Å². The van der Waals surface area contributed by atoms with Gasteiger partial charge in [0.15, 0.2) is 10.9 Å². The fraction of sp³-hybridized carbons (Fsp3) is 0.0833. The van der Waals surface area contributed by atoms with Gasteiger partial charge in [-0.25, -0.2) is 4.98 Å². The number of rotatable bonds is 5. The highest BCUT2D eigenvalue weighted by atomic mass is 32.1. The fourth-order valence-electron chi connectivity index (χ4n) is 3.29. The van der Waals surface area contributed by atoms with Crippen molar-refractivity contribution < 1.29 is 13.9 Å². The Bertz CT molecular complexity index is 1360. The molecule has 0 saturated heterocycles. The number of hydrogen-bond donors (Lipinski definition) is 1. The molecule has 5 nitrogen and oxygen atoms in total. The number of amides is 1. The Hall–Kier alpha value is -3.64. The molecule has 1 N–H and O–H groups in total. The maximum atomic E-state index is 12.5. The van der Waals surface area contributed by atoms with Crippen LogP contribution in [0.15, 0.2) is 77.2 Å². The van der Waals surface area contributed by atoms with Gasteiger partial charge in [-0.2, -0.15) is 0 Å². The Morgan fingerprint density at radius 1 is 1.07 bits per heavy atom. The number of ether oxygens (including phenoxy) is 1. The lowest BCUT2D eigenvalue weighted by molar-refractivity contribution is 0.0992. The summed E-state index contributed by atoms with van der Waals surface area (Å²) in [6, 6.07) is 23.4. The molecular weight excluding hydrogens is 396 g/mol. The molecule has 5 aromatic rings. The first-order chi connectivity index (χ1) is 14.7. The molecule has 0 bridgehead atoms. The number of carbonyl (C=O) groups excluding carboxylic acids is 1. The normalized spacial score (nSPS) is 11.1. The predicted octanol–water partition coefficient (Wildman–Crippen LogP) is 6.18. The van der Waals surface area contributed by atoms with E-state index in [1.165, 1.54) is 11.3 Å². The van der Waals surface area contributed by atoms with E-state index in [1.807, 2.05) is 61.5 Å². The van der Waals surface area contributed by atoms with Crippen molar-refractivity contribution in [2.24, 2.45) is 0 Å². The molecule has 5 rings (SSSR count). The molecule has 0 radical (unpaired) electrons. The number of fused-ring (bicyclic) bond motifs is 2. The van der Waals surface area contributed by atoms with Crippen LogP contribution >= 0.6 is 11.3 Å². The highest BCUT2D eigenvalue weighted by Gasteiger charge is 2.14. The molecule has 0 spiro atoms. The van der Waals surface area contributed by atoms with Crippen LogP contribution in [-0.2, 0) is 6.61 Å². The number of nitrogens with zero attached hydrogens (tertiary/aromatic N) is 1. The number of nitrogens with one attached hydrogen (secondary N) is 1. The summed E-state index contributed by atoms with van der Waals surface area (Å²) in [5.41, 5.74) is 2.02. The van der Waals surface area contributed by atoms with Crippen molar-refractivity contribution in [1.29, 1.82) is 0 Å². The third-order valence-electron chi connectivity index (χ3n) is 4.77. The molecule has 1 amide bonds. The zero-order valence-corrected chi connectivity index (χ0v) is 17.0. The van der Waals surface area contributed by atoms with Gasteiger partial charge in [-0.1, -0.05) is 53.8 Å². The number of furan rings is 1. The Balaban J connectivity index is 1.28. The Kier molecular flexibility index (Phi) is 4.69. The molecule has 0 aliphatic rings. The summed E-state index contributed by atoms with van der Waals surface area (Å²) >= 11 is 1.44. The van der Waals surface area contributed by atoms with E-state index >= 15 is 0 Å². The minimum absolute atomic E-state index is 0.224. The van der Waals surface area contributed by atoms with Crippen molar-refractivity contribution in [2.75, 3.05) is 5.32 Å². The first kappa shape index (κ1) is 18.4. The Morgan fingerprint density at radius 3 is 2.87 bits per heavy atom. The summed E-state index contributed by atoms with van der Waals surface area (Å²) in [6.45, 7) is 2.27. The summed E-state index contributed by atoms with van der Waals surface area (Å²) in [5, 5.41) is 5.51. The van der Waals surface area contributed by atoms with Crippen LogP contribution in [0.4, 0.5) is 5.13 Å². The minimum Gasteiger partial charge on any atom is -0.485 e. The van der Waals surface area contributed by atoms with Gasteiger partial charge in [0.05, 0.1) is 10.2 Å². The van der Waals surface area contributed by atoms with Gasteiger partial charge >= 0.3 is 0 Å². The van der Waals surface area contributed by atoms with Crippen LogP contribution in [0.3, 0.4) is 0 Å². The van der Waals surface area contributed by atoms with Crippen LogP contribution in [0.1, 0.15) is 21.9 Å². The van der Waals surface area contributed by atoms with Gasteiger partial charge in [-0.05, 0) is 48.2 Å². The van der Waals surface area contributed by atoms with Gasteiger partial charge in [0.2, 0.25) is 0 Å². The molecule has 0 saturated carbocycles. The topological polar surface area (TPSA) is 64.4 Å². The van der Waals surface area contributed by atoms with E-state index in [4.69, 9.17) is 9.15 Å². The van der Waals surface area contributed by atoms with E-state index in [0.717, 1.165) is 32.3 Å². The largest absolute Gasteiger partial charge is 0.485 e. The lowest BCUT2D eigenvalue weighted by Gasteiger charge is -2.07. The van der Waals surface area contributed by atoms with Crippen LogP contribution < -0.4 is 10.1 Å². The molecule has 3 aromatic carbocycles. The molecule has 30 heavy (non-hydrogen) atoms. The maximum absolute atomic E-state index is 12.5. The van der Waals surface area contributed by atoms with E-state index in [9.17, 15) is 4.79 Å². The van der Waals surface area contributed by atoms with Crippen molar-refractivity contribution in [2.45, 2.75) is 13.5 Å². The third-order valence-corrected chi connectivity index (χ3v) is 5.70. The number of aryl methyl sites for hydroxylation is 1. The van der Waals surface area contributed by atoms with Gasteiger partial charge in [0, 0.05) is 5.39 Å². The smallest absolute Gasteiger partial charge is 0.293 e. The number of anilines is 1. The zero-order valence-electron chi connectivity index (χ0n) is 16.2. The number of aromatic nitrogens is 1. The SMILES string of the molecule is Cc1ccc2nc(NC(=O)c3ccc(COc4cccc5ccccc45)o3)sc2c1. The lowest BCUT2D eigenvalue weighted by atomic mass is 10.1. The molecule has 0 fully saturated rings. The first-order valence-electron chi connectivity index (χ1n) is 9.53. The lowest BCUT2D eigenvalue weighted by Crippen LogP contribution is -2.10. The highest BCUT2D eigenvalue weighted by Crippen LogP contribution is 2.28. The molecule has 0 unspecified atom stereocenters. The van der Waals surface area contributed by atoms with E-state index in [1.54, 1.807) is 12.1 Å². The molecule has 2 aromatic heterocycles. The molecule has 0 atom stereocenters. The van der Waals surface area contributed by atoms with Crippen molar-refractivity contribution in [3.8, 4) is 5.75 Å². The van der Waals surface area contributed by atoms with Crippen molar-refractivity contribution >= 4 is 43.4 Å². The number of thiazole rings is 1. The van der Waals surface area contributed by atoms with Crippen molar-refractivity contribution in [3.05, 3.63) is 89.9 Å². The average molecular weight is 414 g/mol. The van der Waals surface area contributed by atoms with Gasteiger partial charge in [-0.3, -0.25) is 10.1 Å². The standard InChI is InChI=1S/C24H18N2O3S/c1-15-9-11-19-22(13-15)30-24(25-19)26-23(27)21-12-10-17(29-21)14-28-20-8-4-6-16-5-2-3-7-18(16)20/h2-13H,14H2,1H3,(H,25,26,27). The summed E-state index contributed by atoms with van der Waals surface area (Å²) in [4.78, 5) is 17.0. The Morgan fingerprint density at radius 2 is 1.93 bits per heavy atom. The molecule has 2 heterocycles. The monoisotopic (exact) mass is 414 g/mol. The molecule has 148 valence electrons. The fourth-order valence-corrected chi connectivity index (χ4v) is 4.25. The number of hydrogen-bond acceptors (Lipinski definition) is 5. The van der Waals surface area contributed by atoms with Gasteiger partial charge in [0.25, 0.3) is 5.91 Å². The second-order valence-electron chi connectivity index (χ2n) is 6.98. The Labute approximate surface area is 176 Å². The molecule has 0 aliphatic carbocycles. The van der Waals surface area contributed by atoms with Crippen LogP contribution in [0, 0.1) is 6.92 Å². The van der Waals surface area contributed by atoms with Crippen LogP contribution in [0.25, 0.3) is 21.0 Å². The van der Waals surface area contributed by atoms with E-state index in [0.29, 0.717) is 10.9 Å². The summed E-state index contributed by atoms with van der Waals surface area (Å²) in [5.74, 6) is 1.25. The summed E-state index contributed by atoms with van der Waals surface area (Å²) in [7, 11) is 0. The van der Waals surface area contributed by atoms with Gasteiger partial charge < -0.3 is 9.15 Å². The van der Waals surface area contributed by atoms with Crippen molar-refractivity contribution in [1.82, 2.24) is 4.98 Å². The third kappa shape index (κ3) is 3.65. The van der Waals surface area contributed by atoms with Gasteiger partial charge in [-0.15, -0.1) is 0 Å². The van der Waals surface area contributed by atoms with E-state index < -0.39 is 0 Å². The second-order valence-corrected chi connectivity index (χ2v) is 8.01. The summed E-state index contributed by atoms with van der Waals surface area (Å²) < 4.78 is 12.7. The second kappa shape index (κ2) is 7.65. The predicted molar refractivity (Wildman–Crippen MR) is 119 cm³/mol. The van der Waals surface area contributed by atoms with Gasteiger partial charge in [0.1, 0.15) is 18.1 Å². The van der Waals surface area contributed by atoms with Crippen LogP contribution in [0.5, 0.6) is 5.75 Å².